The molecule has 2 nitrogen and oxygen atoms in total. The van der Waals surface area contributed by atoms with Crippen molar-refractivity contribution in [3.63, 3.8) is 0 Å². The Morgan fingerprint density at radius 1 is 1.29 bits per heavy atom. The van der Waals surface area contributed by atoms with Gasteiger partial charge in [-0.3, -0.25) is 0 Å². The fraction of sp³-hybridized carbons (Fsp3) is 0.636. The molecule has 0 fully saturated rings. The summed E-state index contributed by atoms with van der Waals surface area (Å²) in [4.78, 5) is 8.43. The van der Waals surface area contributed by atoms with E-state index in [2.05, 4.69) is 43.7 Å². The number of rotatable bonds is 2. The SMILES string of the molecule is CCCc1cc(C(C)(C)C)nc(Cl)n1. The molecule has 0 atom stereocenters. The van der Waals surface area contributed by atoms with Crippen molar-refractivity contribution in [1.82, 2.24) is 9.97 Å². The number of hydrogen-bond acceptors (Lipinski definition) is 2. The van der Waals surface area contributed by atoms with Gasteiger partial charge < -0.3 is 0 Å². The highest BCUT2D eigenvalue weighted by atomic mass is 35.5. The zero-order chi connectivity index (χ0) is 10.8. The number of nitrogens with zero attached hydrogens (tertiary/aromatic N) is 2. The van der Waals surface area contributed by atoms with Crippen LogP contribution in [0.3, 0.4) is 0 Å². The summed E-state index contributed by atoms with van der Waals surface area (Å²) in [5, 5.41) is 0.362. The summed E-state index contributed by atoms with van der Waals surface area (Å²) in [5.74, 6) is 0. The Balaban J connectivity index is 3.07. The minimum Gasteiger partial charge on any atom is -0.223 e. The largest absolute Gasteiger partial charge is 0.223 e. The first-order valence-electron chi connectivity index (χ1n) is 4.97. The summed E-state index contributed by atoms with van der Waals surface area (Å²) < 4.78 is 0. The summed E-state index contributed by atoms with van der Waals surface area (Å²) >= 11 is 5.87. The molecule has 0 unspecified atom stereocenters. The Labute approximate surface area is 90.7 Å². The van der Waals surface area contributed by atoms with E-state index in [1.807, 2.05) is 0 Å². The van der Waals surface area contributed by atoms with Gasteiger partial charge in [0.2, 0.25) is 5.28 Å². The first-order valence-corrected chi connectivity index (χ1v) is 5.35. The smallest absolute Gasteiger partial charge is 0.222 e. The van der Waals surface area contributed by atoms with Gasteiger partial charge in [0.05, 0.1) is 5.69 Å². The second-order valence-electron chi connectivity index (χ2n) is 4.51. The van der Waals surface area contributed by atoms with Crippen LogP contribution >= 0.6 is 11.6 Å². The van der Waals surface area contributed by atoms with Crippen LogP contribution in [0.5, 0.6) is 0 Å². The lowest BCUT2D eigenvalue weighted by molar-refractivity contribution is 0.564. The van der Waals surface area contributed by atoms with Gasteiger partial charge in [0, 0.05) is 11.1 Å². The standard InChI is InChI=1S/C11H17ClN2/c1-5-6-8-7-9(11(2,3)4)14-10(12)13-8/h7H,5-6H2,1-4H3. The van der Waals surface area contributed by atoms with Crippen LogP contribution in [0.4, 0.5) is 0 Å². The molecule has 0 radical (unpaired) electrons. The van der Waals surface area contributed by atoms with Crippen LogP contribution in [0.25, 0.3) is 0 Å². The van der Waals surface area contributed by atoms with Gasteiger partial charge in [0.25, 0.3) is 0 Å². The molecule has 1 aromatic rings. The van der Waals surface area contributed by atoms with E-state index < -0.39 is 0 Å². The molecule has 0 bridgehead atoms. The van der Waals surface area contributed by atoms with Crippen LogP contribution < -0.4 is 0 Å². The van der Waals surface area contributed by atoms with E-state index in [9.17, 15) is 0 Å². The van der Waals surface area contributed by atoms with Gasteiger partial charge in [0.15, 0.2) is 0 Å². The molecule has 0 saturated heterocycles. The predicted molar refractivity (Wildman–Crippen MR) is 59.7 cm³/mol. The lowest BCUT2D eigenvalue weighted by atomic mass is 9.91. The predicted octanol–water partition coefficient (Wildman–Crippen LogP) is 3.38. The third-order valence-electron chi connectivity index (χ3n) is 2.03. The second kappa shape index (κ2) is 4.26. The van der Waals surface area contributed by atoms with Gasteiger partial charge in [0.1, 0.15) is 0 Å². The summed E-state index contributed by atoms with van der Waals surface area (Å²) in [7, 11) is 0. The molecule has 0 spiro atoms. The Morgan fingerprint density at radius 3 is 2.43 bits per heavy atom. The van der Waals surface area contributed by atoms with Crippen molar-refractivity contribution in [2.75, 3.05) is 0 Å². The lowest BCUT2D eigenvalue weighted by Gasteiger charge is -2.18. The maximum absolute atomic E-state index is 5.87. The summed E-state index contributed by atoms with van der Waals surface area (Å²) in [6.07, 6.45) is 2.04. The van der Waals surface area contributed by atoms with Crippen LogP contribution in [-0.4, -0.2) is 9.97 Å². The molecule has 0 aliphatic rings. The summed E-state index contributed by atoms with van der Waals surface area (Å²) in [5.41, 5.74) is 2.09. The molecule has 1 aromatic heterocycles. The van der Waals surface area contributed by atoms with Crippen LogP contribution in [-0.2, 0) is 11.8 Å². The maximum atomic E-state index is 5.87. The first kappa shape index (κ1) is 11.4. The van der Waals surface area contributed by atoms with Crippen LogP contribution in [0.1, 0.15) is 45.5 Å². The average molecular weight is 213 g/mol. The van der Waals surface area contributed by atoms with E-state index in [1.165, 1.54) is 0 Å². The molecule has 78 valence electrons. The van der Waals surface area contributed by atoms with E-state index in [0.29, 0.717) is 5.28 Å². The van der Waals surface area contributed by atoms with Crippen molar-refractivity contribution in [2.24, 2.45) is 0 Å². The van der Waals surface area contributed by atoms with Gasteiger partial charge in [-0.2, -0.15) is 0 Å². The highest BCUT2D eigenvalue weighted by Crippen LogP contribution is 2.22. The lowest BCUT2D eigenvalue weighted by Crippen LogP contribution is -2.15. The van der Waals surface area contributed by atoms with E-state index in [1.54, 1.807) is 0 Å². The molecule has 1 rings (SSSR count). The highest BCUT2D eigenvalue weighted by molar-refractivity contribution is 6.28. The molecule has 0 aliphatic heterocycles. The van der Waals surface area contributed by atoms with Gasteiger partial charge in [-0.05, 0) is 24.1 Å². The van der Waals surface area contributed by atoms with Crippen LogP contribution in [0.15, 0.2) is 6.07 Å². The zero-order valence-corrected chi connectivity index (χ0v) is 10.0. The van der Waals surface area contributed by atoms with Crippen molar-refractivity contribution in [2.45, 2.75) is 46.0 Å². The molecule has 3 heteroatoms. The molecule has 0 saturated carbocycles. The Hall–Kier alpha value is -0.630. The van der Waals surface area contributed by atoms with Crippen LogP contribution in [0.2, 0.25) is 5.28 Å². The number of halogens is 1. The topological polar surface area (TPSA) is 25.8 Å². The Kier molecular flexibility index (Phi) is 3.48. The van der Waals surface area contributed by atoms with Crippen molar-refractivity contribution >= 4 is 11.6 Å². The number of hydrogen-bond donors (Lipinski definition) is 0. The number of aryl methyl sites for hydroxylation is 1. The van der Waals surface area contributed by atoms with Gasteiger partial charge in [-0.25, -0.2) is 9.97 Å². The third kappa shape index (κ3) is 2.95. The molecule has 14 heavy (non-hydrogen) atoms. The van der Waals surface area contributed by atoms with Crippen molar-refractivity contribution < 1.29 is 0 Å². The number of aromatic nitrogens is 2. The monoisotopic (exact) mass is 212 g/mol. The normalized spacial score (nSPS) is 11.8. The summed E-state index contributed by atoms with van der Waals surface area (Å²) in [6, 6.07) is 2.05. The van der Waals surface area contributed by atoms with Crippen molar-refractivity contribution in [3.8, 4) is 0 Å². The van der Waals surface area contributed by atoms with Gasteiger partial charge in [-0.15, -0.1) is 0 Å². The molecule has 0 aromatic carbocycles. The summed E-state index contributed by atoms with van der Waals surface area (Å²) in [6.45, 7) is 8.51. The van der Waals surface area contributed by atoms with E-state index in [4.69, 9.17) is 11.6 Å². The third-order valence-corrected chi connectivity index (χ3v) is 2.20. The Morgan fingerprint density at radius 2 is 1.93 bits per heavy atom. The molecular weight excluding hydrogens is 196 g/mol. The van der Waals surface area contributed by atoms with Gasteiger partial charge in [-0.1, -0.05) is 34.1 Å². The molecule has 0 aliphatic carbocycles. The molecular formula is C11H17ClN2. The minimum absolute atomic E-state index is 0.0368. The molecule has 0 amide bonds. The highest BCUT2D eigenvalue weighted by Gasteiger charge is 2.17. The van der Waals surface area contributed by atoms with Gasteiger partial charge >= 0.3 is 0 Å². The van der Waals surface area contributed by atoms with E-state index in [-0.39, 0.29) is 5.41 Å². The second-order valence-corrected chi connectivity index (χ2v) is 4.85. The first-order chi connectivity index (χ1) is 6.43. The Bertz CT molecular complexity index is 316. The van der Waals surface area contributed by atoms with Crippen molar-refractivity contribution in [3.05, 3.63) is 22.7 Å². The van der Waals surface area contributed by atoms with E-state index in [0.717, 1.165) is 24.2 Å². The molecule has 1 heterocycles. The maximum Gasteiger partial charge on any atom is 0.222 e. The minimum atomic E-state index is 0.0368. The fourth-order valence-electron chi connectivity index (χ4n) is 1.23. The molecule has 0 N–H and O–H groups in total. The average Bonchev–Trinajstić information content (AvgIpc) is 2.02. The van der Waals surface area contributed by atoms with Crippen molar-refractivity contribution in [1.29, 1.82) is 0 Å². The van der Waals surface area contributed by atoms with E-state index >= 15 is 0 Å². The van der Waals surface area contributed by atoms with Crippen LogP contribution in [0, 0.1) is 0 Å². The fourth-order valence-corrected chi connectivity index (χ4v) is 1.43. The quantitative estimate of drug-likeness (QED) is 0.703. The zero-order valence-electron chi connectivity index (χ0n) is 9.26.